The molecule has 0 aromatic carbocycles. The van der Waals surface area contributed by atoms with Gasteiger partial charge >= 0.3 is 0 Å². The van der Waals surface area contributed by atoms with E-state index in [4.69, 9.17) is 0 Å². The van der Waals surface area contributed by atoms with Gasteiger partial charge in [0.05, 0.1) is 4.88 Å². The zero-order valence-corrected chi connectivity index (χ0v) is 14.5. The Morgan fingerprint density at radius 3 is 2.91 bits per heavy atom. The summed E-state index contributed by atoms with van der Waals surface area (Å²) in [7, 11) is 3.54. The first kappa shape index (κ1) is 15.9. The highest BCUT2D eigenvalue weighted by molar-refractivity contribution is 7.20. The van der Waals surface area contributed by atoms with E-state index >= 15 is 0 Å². The van der Waals surface area contributed by atoms with Gasteiger partial charge in [-0.2, -0.15) is 0 Å². The van der Waals surface area contributed by atoms with Crippen molar-refractivity contribution in [3.8, 4) is 0 Å². The van der Waals surface area contributed by atoms with E-state index < -0.39 is 0 Å². The lowest BCUT2D eigenvalue weighted by Gasteiger charge is -2.17. The van der Waals surface area contributed by atoms with E-state index in [1.54, 1.807) is 25.2 Å². The van der Waals surface area contributed by atoms with Crippen LogP contribution < -0.4 is 0 Å². The molecule has 1 atom stereocenters. The molecule has 0 bridgehead atoms. The molecule has 0 saturated carbocycles. The molecule has 0 N–H and O–H groups in total. The molecule has 1 fully saturated rings. The highest BCUT2D eigenvalue weighted by Gasteiger charge is 2.32. The van der Waals surface area contributed by atoms with Crippen LogP contribution in [0.1, 0.15) is 40.9 Å². The number of pyridine rings is 1. The van der Waals surface area contributed by atoms with Crippen LogP contribution in [0.2, 0.25) is 0 Å². The van der Waals surface area contributed by atoms with Crippen LogP contribution in [0.15, 0.2) is 18.3 Å². The minimum atomic E-state index is 0.0169. The predicted molar refractivity (Wildman–Crippen MR) is 91.9 cm³/mol. The summed E-state index contributed by atoms with van der Waals surface area (Å²) in [5, 5.41) is 1.05. The molecule has 2 aromatic rings. The summed E-state index contributed by atoms with van der Waals surface area (Å²) >= 11 is 1.46. The zero-order chi connectivity index (χ0) is 16.6. The molecule has 2 aromatic heterocycles. The zero-order valence-electron chi connectivity index (χ0n) is 13.7. The first-order chi connectivity index (χ1) is 11.0. The minimum absolute atomic E-state index is 0.0169. The number of carbonyl (C=O) groups is 2. The van der Waals surface area contributed by atoms with Gasteiger partial charge in [0.1, 0.15) is 4.83 Å². The first-order valence-electron chi connectivity index (χ1n) is 7.89. The number of likely N-dealkylation sites (tertiary alicyclic amines) is 1. The van der Waals surface area contributed by atoms with Gasteiger partial charge in [-0.05, 0) is 18.1 Å². The van der Waals surface area contributed by atoms with Crippen molar-refractivity contribution in [3.05, 3.63) is 28.8 Å². The van der Waals surface area contributed by atoms with Gasteiger partial charge in [-0.3, -0.25) is 9.59 Å². The fourth-order valence-corrected chi connectivity index (χ4v) is 4.42. The average Bonchev–Trinajstić information content (AvgIpc) is 3.17. The van der Waals surface area contributed by atoms with Crippen LogP contribution in [-0.2, 0) is 4.79 Å². The van der Waals surface area contributed by atoms with Crippen molar-refractivity contribution in [2.24, 2.45) is 0 Å². The number of amides is 2. The topological polar surface area (TPSA) is 53.5 Å². The molecule has 0 spiro atoms. The molecule has 0 radical (unpaired) electrons. The van der Waals surface area contributed by atoms with Crippen LogP contribution in [0.4, 0.5) is 0 Å². The summed E-state index contributed by atoms with van der Waals surface area (Å²) in [6, 6.07) is 3.94. The maximum absolute atomic E-state index is 12.6. The minimum Gasteiger partial charge on any atom is -0.344 e. The van der Waals surface area contributed by atoms with Crippen LogP contribution in [0, 0.1) is 0 Å². The fourth-order valence-electron chi connectivity index (χ4n) is 3.16. The van der Waals surface area contributed by atoms with E-state index in [1.165, 1.54) is 11.3 Å². The monoisotopic (exact) mass is 331 g/mol. The summed E-state index contributed by atoms with van der Waals surface area (Å²) in [6.45, 7) is 3.35. The van der Waals surface area contributed by atoms with Gasteiger partial charge in [0, 0.05) is 51.1 Å². The number of fused-ring (bicyclic) bond motifs is 1. The second-order valence-corrected chi connectivity index (χ2v) is 7.08. The van der Waals surface area contributed by atoms with E-state index in [0.29, 0.717) is 13.0 Å². The maximum atomic E-state index is 12.6. The van der Waals surface area contributed by atoms with Crippen molar-refractivity contribution in [3.63, 3.8) is 0 Å². The lowest BCUT2D eigenvalue weighted by atomic mass is 9.95. The molecule has 1 saturated heterocycles. The Morgan fingerprint density at radius 1 is 1.43 bits per heavy atom. The van der Waals surface area contributed by atoms with Crippen molar-refractivity contribution < 1.29 is 9.59 Å². The number of hydrogen-bond donors (Lipinski definition) is 0. The number of nitrogens with zero attached hydrogens (tertiary/aromatic N) is 3. The first-order valence-corrected chi connectivity index (χ1v) is 8.71. The van der Waals surface area contributed by atoms with Crippen molar-refractivity contribution in [2.75, 3.05) is 27.2 Å². The second-order valence-electron chi connectivity index (χ2n) is 6.08. The Kier molecular flexibility index (Phi) is 4.35. The third kappa shape index (κ3) is 2.83. The van der Waals surface area contributed by atoms with E-state index in [0.717, 1.165) is 33.6 Å². The van der Waals surface area contributed by atoms with Gasteiger partial charge in [-0.15, -0.1) is 11.3 Å². The molecule has 6 heteroatoms. The molecule has 1 aliphatic heterocycles. The van der Waals surface area contributed by atoms with Gasteiger partial charge in [0.2, 0.25) is 5.91 Å². The van der Waals surface area contributed by atoms with E-state index in [-0.39, 0.29) is 17.7 Å². The Morgan fingerprint density at radius 2 is 2.22 bits per heavy atom. The lowest BCUT2D eigenvalue weighted by Crippen LogP contribution is -2.28. The summed E-state index contributed by atoms with van der Waals surface area (Å²) in [6.07, 6.45) is 3.19. The van der Waals surface area contributed by atoms with Crippen LogP contribution in [0.3, 0.4) is 0 Å². The normalized spacial score (nSPS) is 17.7. The molecular weight excluding hydrogens is 310 g/mol. The summed E-state index contributed by atoms with van der Waals surface area (Å²) in [4.78, 5) is 34.1. The largest absolute Gasteiger partial charge is 0.344 e. The van der Waals surface area contributed by atoms with Crippen molar-refractivity contribution in [1.82, 2.24) is 14.8 Å². The van der Waals surface area contributed by atoms with Crippen molar-refractivity contribution in [2.45, 2.75) is 25.7 Å². The number of thiophene rings is 1. The van der Waals surface area contributed by atoms with E-state index in [9.17, 15) is 9.59 Å². The van der Waals surface area contributed by atoms with E-state index in [1.807, 2.05) is 24.0 Å². The third-order valence-corrected chi connectivity index (χ3v) is 5.47. The highest BCUT2D eigenvalue weighted by Crippen LogP contribution is 2.39. The van der Waals surface area contributed by atoms with Crippen LogP contribution in [0.25, 0.3) is 10.2 Å². The van der Waals surface area contributed by atoms with Gasteiger partial charge in [-0.1, -0.05) is 13.0 Å². The standard InChI is InChI=1S/C17H21N3O2S/c1-4-13(21)20-9-7-11(10-20)14-12-6-5-8-18-16(12)23-15(14)17(22)19(2)3/h5-6,8,11H,4,7,9-10H2,1-3H3/t11-/m0/s1. The van der Waals surface area contributed by atoms with Gasteiger partial charge in [0.25, 0.3) is 5.91 Å². The average molecular weight is 331 g/mol. The second kappa shape index (κ2) is 6.28. The number of hydrogen-bond acceptors (Lipinski definition) is 4. The molecule has 5 nitrogen and oxygen atoms in total. The summed E-state index contributed by atoms with van der Waals surface area (Å²) in [5.74, 6) is 0.413. The molecule has 23 heavy (non-hydrogen) atoms. The predicted octanol–water partition coefficient (Wildman–Crippen LogP) is 2.72. The van der Waals surface area contributed by atoms with E-state index in [2.05, 4.69) is 4.98 Å². The Balaban J connectivity index is 2.04. The SMILES string of the molecule is CCC(=O)N1CC[C@H](c2c(C(=O)N(C)C)sc3ncccc23)C1. The Bertz CT molecular complexity index is 753. The van der Waals surface area contributed by atoms with Gasteiger partial charge in [0.15, 0.2) is 0 Å². The van der Waals surface area contributed by atoms with Crippen LogP contribution in [-0.4, -0.2) is 53.8 Å². The van der Waals surface area contributed by atoms with Gasteiger partial charge in [-0.25, -0.2) is 4.98 Å². The van der Waals surface area contributed by atoms with Crippen LogP contribution >= 0.6 is 11.3 Å². The lowest BCUT2D eigenvalue weighted by molar-refractivity contribution is -0.129. The third-order valence-electron chi connectivity index (χ3n) is 4.36. The molecule has 1 aliphatic rings. The molecule has 2 amide bonds. The molecule has 122 valence electrons. The maximum Gasteiger partial charge on any atom is 0.263 e. The number of aromatic nitrogens is 1. The Labute approximate surface area is 139 Å². The molecule has 3 heterocycles. The van der Waals surface area contributed by atoms with Crippen molar-refractivity contribution >= 4 is 33.4 Å². The summed E-state index contributed by atoms with van der Waals surface area (Å²) in [5.41, 5.74) is 1.07. The number of rotatable bonds is 3. The molecular formula is C17H21N3O2S. The number of carbonyl (C=O) groups excluding carboxylic acids is 2. The van der Waals surface area contributed by atoms with Crippen LogP contribution in [0.5, 0.6) is 0 Å². The summed E-state index contributed by atoms with van der Waals surface area (Å²) < 4.78 is 0. The van der Waals surface area contributed by atoms with Gasteiger partial charge < -0.3 is 9.80 Å². The quantitative estimate of drug-likeness (QED) is 0.869. The fraction of sp³-hybridized carbons (Fsp3) is 0.471. The highest BCUT2D eigenvalue weighted by atomic mass is 32.1. The Hall–Kier alpha value is -1.95. The molecule has 3 rings (SSSR count). The van der Waals surface area contributed by atoms with Crippen molar-refractivity contribution in [1.29, 1.82) is 0 Å². The molecule has 0 aliphatic carbocycles. The molecule has 0 unspecified atom stereocenters. The smallest absolute Gasteiger partial charge is 0.263 e.